The molecule has 16 heavy (non-hydrogen) atoms. The van der Waals surface area contributed by atoms with E-state index < -0.39 is 10.0 Å². The molecule has 1 aromatic rings. The van der Waals surface area contributed by atoms with Crippen molar-refractivity contribution in [1.29, 1.82) is 0 Å². The van der Waals surface area contributed by atoms with E-state index in [0.29, 0.717) is 12.5 Å². The molecule has 0 atom stereocenters. The fraction of sp³-hybridized carbons (Fsp3) is 0.556. The second kappa shape index (κ2) is 4.34. The maximum atomic E-state index is 11.7. The van der Waals surface area contributed by atoms with E-state index >= 15 is 0 Å². The van der Waals surface area contributed by atoms with Crippen molar-refractivity contribution in [2.45, 2.75) is 24.2 Å². The summed E-state index contributed by atoms with van der Waals surface area (Å²) in [5.41, 5.74) is 5.28. The molecule has 1 aromatic heterocycles. The Morgan fingerprint density at radius 2 is 2.00 bits per heavy atom. The largest absolute Gasteiger partial charge is 0.368 e. The van der Waals surface area contributed by atoms with E-state index in [0.717, 1.165) is 6.42 Å². The zero-order valence-electron chi connectivity index (χ0n) is 8.76. The molecule has 2 rings (SSSR count). The first-order valence-corrected chi connectivity index (χ1v) is 6.63. The predicted molar refractivity (Wildman–Crippen MR) is 59.0 cm³/mol. The van der Waals surface area contributed by atoms with Gasteiger partial charge in [-0.1, -0.05) is 12.8 Å². The lowest BCUT2D eigenvalue weighted by molar-refractivity contribution is 0.574. The molecule has 0 aliphatic heterocycles. The summed E-state index contributed by atoms with van der Waals surface area (Å²) in [4.78, 5) is 7.35. The van der Waals surface area contributed by atoms with Crippen LogP contribution < -0.4 is 10.5 Å². The molecule has 7 heteroatoms. The molecular weight excluding hydrogens is 228 g/mol. The van der Waals surface area contributed by atoms with Crippen LogP contribution >= 0.6 is 0 Å². The Labute approximate surface area is 94.3 Å². The molecule has 0 unspecified atom stereocenters. The van der Waals surface area contributed by atoms with Crippen LogP contribution in [-0.2, 0) is 10.0 Å². The van der Waals surface area contributed by atoms with Crippen molar-refractivity contribution < 1.29 is 8.42 Å². The number of anilines is 1. The quantitative estimate of drug-likeness (QED) is 0.765. The van der Waals surface area contributed by atoms with Crippen LogP contribution in [0, 0.1) is 5.92 Å². The number of nitrogens with one attached hydrogen (secondary N) is 1. The normalized spacial score (nSPS) is 16.2. The summed E-state index contributed by atoms with van der Waals surface area (Å²) in [6.45, 7) is 0.470. The van der Waals surface area contributed by atoms with Crippen LogP contribution in [0.15, 0.2) is 17.3 Å². The van der Waals surface area contributed by atoms with Gasteiger partial charge in [0.15, 0.2) is 0 Å². The Morgan fingerprint density at radius 1 is 1.38 bits per heavy atom. The standard InChI is InChI=1S/C9H14N4O2S/c10-9-11-5-8(6-12-9)16(14,15)13-4-3-7-1-2-7/h5-7,13H,1-4H2,(H2,10,11,12). The number of aromatic nitrogens is 2. The molecule has 1 aliphatic carbocycles. The molecule has 1 fully saturated rings. The molecule has 1 saturated carbocycles. The number of nitrogen functional groups attached to an aromatic ring is 1. The minimum atomic E-state index is -3.48. The van der Waals surface area contributed by atoms with Crippen molar-refractivity contribution in [3.8, 4) is 0 Å². The Morgan fingerprint density at radius 3 is 2.56 bits per heavy atom. The molecule has 0 aromatic carbocycles. The van der Waals surface area contributed by atoms with E-state index in [1.165, 1.54) is 25.2 Å². The van der Waals surface area contributed by atoms with Gasteiger partial charge < -0.3 is 5.73 Å². The lowest BCUT2D eigenvalue weighted by Crippen LogP contribution is -2.25. The molecule has 1 aliphatic rings. The van der Waals surface area contributed by atoms with Gasteiger partial charge in [0.2, 0.25) is 16.0 Å². The fourth-order valence-corrected chi connectivity index (χ4v) is 2.29. The Hall–Kier alpha value is -1.21. The van der Waals surface area contributed by atoms with Crippen molar-refractivity contribution in [1.82, 2.24) is 14.7 Å². The van der Waals surface area contributed by atoms with Crippen molar-refractivity contribution in [3.05, 3.63) is 12.4 Å². The van der Waals surface area contributed by atoms with E-state index in [9.17, 15) is 8.42 Å². The Bertz CT molecular complexity index is 453. The van der Waals surface area contributed by atoms with Gasteiger partial charge >= 0.3 is 0 Å². The Kier molecular flexibility index (Phi) is 3.06. The summed E-state index contributed by atoms with van der Waals surface area (Å²) < 4.78 is 25.9. The molecular formula is C9H14N4O2S. The van der Waals surface area contributed by atoms with Crippen LogP contribution in [0.2, 0.25) is 0 Å². The van der Waals surface area contributed by atoms with Crippen LogP contribution in [0.25, 0.3) is 0 Å². The molecule has 3 N–H and O–H groups in total. The van der Waals surface area contributed by atoms with Crippen molar-refractivity contribution in [2.75, 3.05) is 12.3 Å². The highest BCUT2D eigenvalue weighted by atomic mass is 32.2. The van der Waals surface area contributed by atoms with E-state index in [4.69, 9.17) is 5.73 Å². The highest BCUT2D eigenvalue weighted by Gasteiger charge is 2.22. The second-order valence-corrected chi connectivity index (χ2v) is 5.67. The predicted octanol–water partition coefficient (Wildman–Crippen LogP) is 0.137. The van der Waals surface area contributed by atoms with Gasteiger partial charge in [-0.25, -0.2) is 23.1 Å². The van der Waals surface area contributed by atoms with Gasteiger partial charge in [-0.15, -0.1) is 0 Å². The van der Waals surface area contributed by atoms with E-state index in [1.54, 1.807) is 0 Å². The van der Waals surface area contributed by atoms with Crippen LogP contribution in [0.4, 0.5) is 5.95 Å². The lowest BCUT2D eigenvalue weighted by atomic mass is 10.3. The zero-order chi connectivity index (χ0) is 11.6. The van der Waals surface area contributed by atoms with Crippen molar-refractivity contribution in [2.24, 2.45) is 5.92 Å². The fourth-order valence-electron chi connectivity index (χ4n) is 1.35. The molecule has 0 radical (unpaired) electrons. The third-order valence-electron chi connectivity index (χ3n) is 2.50. The summed E-state index contributed by atoms with van der Waals surface area (Å²) >= 11 is 0. The van der Waals surface area contributed by atoms with Crippen molar-refractivity contribution >= 4 is 16.0 Å². The molecule has 6 nitrogen and oxygen atoms in total. The minimum absolute atomic E-state index is 0.0532. The van der Waals surface area contributed by atoms with E-state index in [1.807, 2.05) is 0 Å². The average Bonchev–Trinajstić information content (AvgIpc) is 3.02. The lowest BCUT2D eigenvalue weighted by Gasteiger charge is -2.05. The van der Waals surface area contributed by atoms with Gasteiger partial charge in [0.25, 0.3) is 0 Å². The topological polar surface area (TPSA) is 98.0 Å². The van der Waals surface area contributed by atoms with Gasteiger partial charge in [-0.2, -0.15) is 0 Å². The van der Waals surface area contributed by atoms with Gasteiger partial charge in [0, 0.05) is 6.54 Å². The first kappa shape index (κ1) is 11.3. The molecule has 0 amide bonds. The molecule has 0 bridgehead atoms. The number of nitrogens with two attached hydrogens (primary N) is 1. The van der Waals surface area contributed by atoms with E-state index in [2.05, 4.69) is 14.7 Å². The molecule has 0 spiro atoms. The number of hydrogen-bond donors (Lipinski definition) is 2. The average molecular weight is 242 g/mol. The maximum absolute atomic E-state index is 11.7. The summed E-state index contributed by atoms with van der Waals surface area (Å²) in [5, 5.41) is 0. The van der Waals surface area contributed by atoms with E-state index in [-0.39, 0.29) is 10.8 Å². The highest BCUT2D eigenvalue weighted by Crippen LogP contribution is 2.31. The third-order valence-corrected chi connectivity index (χ3v) is 3.92. The monoisotopic (exact) mass is 242 g/mol. The van der Waals surface area contributed by atoms with Gasteiger partial charge in [0.1, 0.15) is 4.90 Å². The molecule has 88 valence electrons. The van der Waals surface area contributed by atoms with Crippen molar-refractivity contribution in [3.63, 3.8) is 0 Å². The van der Waals surface area contributed by atoms with Crippen LogP contribution in [0.5, 0.6) is 0 Å². The third kappa shape index (κ3) is 2.89. The first-order chi connectivity index (χ1) is 7.58. The second-order valence-electron chi connectivity index (χ2n) is 3.91. The maximum Gasteiger partial charge on any atom is 0.243 e. The zero-order valence-corrected chi connectivity index (χ0v) is 9.57. The van der Waals surface area contributed by atoms with Gasteiger partial charge in [-0.05, 0) is 12.3 Å². The SMILES string of the molecule is Nc1ncc(S(=O)(=O)NCCC2CC2)cn1. The summed E-state index contributed by atoms with van der Waals surface area (Å²) in [7, 11) is -3.48. The Balaban J connectivity index is 1.97. The summed E-state index contributed by atoms with van der Waals surface area (Å²) in [5.74, 6) is 0.766. The number of sulfonamides is 1. The number of nitrogens with zero attached hydrogens (tertiary/aromatic N) is 2. The summed E-state index contributed by atoms with van der Waals surface area (Å²) in [6, 6.07) is 0. The number of rotatable bonds is 5. The van der Waals surface area contributed by atoms with Gasteiger partial charge in [0.05, 0.1) is 12.4 Å². The number of hydrogen-bond acceptors (Lipinski definition) is 5. The first-order valence-electron chi connectivity index (χ1n) is 5.15. The molecule has 1 heterocycles. The van der Waals surface area contributed by atoms with Crippen LogP contribution in [-0.4, -0.2) is 24.9 Å². The van der Waals surface area contributed by atoms with Crippen LogP contribution in [0.1, 0.15) is 19.3 Å². The van der Waals surface area contributed by atoms with Crippen LogP contribution in [0.3, 0.4) is 0 Å². The minimum Gasteiger partial charge on any atom is -0.368 e. The van der Waals surface area contributed by atoms with Gasteiger partial charge in [-0.3, -0.25) is 0 Å². The highest BCUT2D eigenvalue weighted by molar-refractivity contribution is 7.89. The summed E-state index contributed by atoms with van der Waals surface area (Å²) in [6.07, 6.45) is 5.75. The molecule has 0 saturated heterocycles. The smallest absolute Gasteiger partial charge is 0.243 e.